The highest BCUT2D eigenvalue weighted by Gasteiger charge is 2.15. The van der Waals surface area contributed by atoms with Crippen LogP contribution in [0, 0.1) is 0 Å². The normalized spacial score (nSPS) is 11.3. The van der Waals surface area contributed by atoms with Gasteiger partial charge in [0.25, 0.3) is 5.91 Å². The second kappa shape index (κ2) is 8.25. The van der Waals surface area contributed by atoms with Crippen molar-refractivity contribution >= 4 is 33.5 Å². The summed E-state index contributed by atoms with van der Waals surface area (Å²) < 4.78 is 28.1. The molecule has 0 aliphatic heterocycles. The third-order valence-corrected chi connectivity index (χ3v) is 5.23. The number of hydrogen-bond donors (Lipinski definition) is 2. The first-order valence-electron chi connectivity index (χ1n) is 7.83. The molecule has 1 amide bonds. The van der Waals surface area contributed by atoms with E-state index in [-0.39, 0.29) is 23.9 Å². The van der Waals surface area contributed by atoms with Crippen molar-refractivity contribution in [2.45, 2.75) is 11.4 Å². The summed E-state index contributed by atoms with van der Waals surface area (Å²) in [5.74, 6) is -0.336. The van der Waals surface area contributed by atoms with Crippen molar-refractivity contribution in [1.29, 1.82) is 0 Å². The zero-order chi connectivity index (χ0) is 19.3. The summed E-state index contributed by atoms with van der Waals surface area (Å²) in [5.41, 5.74) is 0.349. The van der Waals surface area contributed by atoms with E-state index in [4.69, 9.17) is 11.6 Å². The van der Waals surface area contributed by atoms with Crippen LogP contribution in [0.25, 0.3) is 0 Å². The molecular formula is C16H15ClN6O3S. The van der Waals surface area contributed by atoms with E-state index in [0.29, 0.717) is 10.6 Å². The van der Waals surface area contributed by atoms with Crippen LogP contribution in [0.4, 0.5) is 5.95 Å². The predicted octanol–water partition coefficient (Wildman–Crippen LogP) is 1.56. The van der Waals surface area contributed by atoms with Gasteiger partial charge in [0.15, 0.2) is 0 Å². The van der Waals surface area contributed by atoms with Gasteiger partial charge in [-0.15, -0.1) is 0 Å². The van der Waals surface area contributed by atoms with Crippen molar-refractivity contribution in [3.8, 4) is 0 Å². The van der Waals surface area contributed by atoms with E-state index in [9.17, 15) is 13.2 Å². The van der Waals surface area contributed by atoms with Crippen LogP contribution in [0.1, 0.15) is 10.4 Å². The first kappa shape index (κ1) is 19.0. The molecule has 0 saturated carbocycles. The summed E-state index contributed by atoms with van der Waals surface area (Å²) in [6.07, 6.45) is 0. The van der Waals surface area contributed by atoms with Gasteiger partial charge in [-0.2, -0.15) is 0 Å². The number of amides is 1. The van der Waals surface area contributed by atoms with E-state index in [0.717, 1.165) is 0 Å². The fraction of sp³-hybridized carbons (Fsp3) is 0.125. The van der Waals surface area contributed by atoms with Gasteiger partial charge >= 0.3 is 0 Å². The largest absolute Gasteiger partial charge is 0.289 e. The van der Waals surface area contributed by atoms with Crippen molar-refractivity contribution < 1.29 is 13.2 Å². The molecule has 0 unspecified atom stereocenters. The number of sulfonamides is 1. The fourth-order valence-corrected chi connectivity index (χ4v) is 3.45. The molecule has 0 aliphatic carbocycles. The molecule has 9 nitrogen and oxygen atoms in total. The Balaban J connectivity index is 1.61. The number of anilines is 1. The molecule has 0 bridgehead atoms. The Morgan fingerprint density at radius 1 is 1.11 bits per heavy atom. The lowest BCUT2D eigenvalue weighted by Crippen LogP contribution is -2.28. The van der Waals surface area contributed by atoms with E-state index in [1.165, 1.54) is 22.9 Å². The van der Waals surface area contributed by atoms with Gasteiger partial charge in [-0.3, -0.25) is 10.1 Å². The smallest absolute Gasteiger partial charge is 0.258 e. The zero-order valence-corrected chi connectivity index (χ0v) is 15.5. The van der Waals surface area contributed by atoms with Crippen molar-refractivity contribution in [2.24, 2.45) is 0 Å². The third-order valence-electron chi connectivity index (χ3n) is 3.51. The molecule has 140 valence electrons. The van der Waals surface area contributed by atoms with Gasteiger partial charge in [0.1, 0.15) is 0 Å². The van der Waals surface area contributed by atoms with E-state index >= 15 is 0 Å². The van der Waals surface area contributed by atoms with E-state index in [1.54, 1.807) is 36.4 Å². The van der Waals surface area contributed by atoms with Gasteiger partial charge in [-0.05, 0) is 40.8 Å². The lowest BCUT2D eigenvalue weighted by Gasteiger charge is -2.08. The fourth-order valence-electron chi connectivity index (χ4n) is 2.22. The Bertz CT molecular complexity index is 1040. The number of carbonyl (C=O) groups excluding carboxylic acids is 1. The topological polar surface area (TPSA) is 119 Å². The van der Waals surface area contributed by atoms with Crippen LogP contribution in [0.2, 0.25) is 5.02 Å². The summed E-state index contributed by atoms with van der Waals surface area (Å²) >= 11 is 5.87. The molecule has 11 heteroatoms. The Labute approximate surface area is 160 Å². The standard InChI is InChI=1S/C16H15ClN6O3S/c17-13-6-4-5-12(11-13)15(24)19-16-20-21-22-23(16)10-9-18-27(25,26)14-7-2-1-3-8-14/h1-8,11,18H,9-10H2,(H,19,20,22,24). The number of tetrazole rings is 1. The minimum absolute atomic E-state index is 0.0440. The Morgan fingerprint density at radius 3 is 2.63 bits per heavy atom. The number of nitrogens with zero attached hydrogens (tertiary/aromatic N) is 4. The van der Waals surface area contributed by atoms with Crippen LogP contribution in [-0.4, -0.2) is 41.1 Å². The van der Waals surface area contributed by atoms with Gasteiger partial charge in [0.05, 0.1) is 11.4 Å². The number of halogens is 1. The molecule has 3 rings (SSSR count). The quantitative estimate of drug-likeness (QED) is 0.614. The highest BCUT2D eigenvalue weighted by Crippen LogP contribution is 2.12. The molecule has 0 saturated heterocycles. The van der Waals surface area contributed by atoms with Gasteiger partial charge in [0, 0.05) is 17.1 Å². The molecule has 1 aromatic heterocycles. The lowest BCUT2D eigenvalue weighted by molar-refractivity contribution is 0.102. The second-order valence-electron chi connectivity index (χ2n) is 5.40. The molecule has 0 atom stereocenters. The number of hydrogen-bond acceptors (Lipinski definition) is 6. The maximum absolute atomic E-state index is 12.2. The molecule has 0 aliphatic rings. The summed E-state index contributed by atoms with van der Waals surface area (Å²) in [7, 11) is -3.63. The highest BCUT2D eigenvalue weighted by atomic mass is 35.5. The SMILES string of the molecule is O=C(Nc1nnnn1CCNS(=O)(=O)c1ccccc1)c1cccc(Cl)c1. The van der Waals surface area contributed by atoms with Gasteiger partial charge < -0.3 is 0 Å². The monoisotopic (exact) mass is 406 g/mol. The number of aromatic nitrogens is 4. The average Bonchev–Trinajstić information content (AvgIpc) is 3.09. The Hall–Kier alpha value is -2.82. The summed E-state index contributed by atoms with van der Waals surface area (Å²) in [4.78, 5) is 12.4. The zero-order valence-electron chi connectivity index (χ0n) is 13.9. The molecule has 0 spiro atoms. The molecule has 2 N–H and O–H groups in total. The van der Waals surface area contributed by atoms with Crippen molar-refractivity contribution in [3.05, 3.63) is 65.2 Å². The van der Waals surface area contributed by atoms with Gasteiger partial charge in [0.2, 0.25) is 16.0 Å². The minimum atomic E-state index is -3.63. The van der Waals surface area contributed by atoms with Crippen molar-refractivity contribution in [3.63, 3.8) is 0 Å². The third kappa shape index (κ3) is 4.88. The molecule has 0 radical (unpaired) electrons. The first-order valence-corrected chi connectivity index (χ1v) is 9.69. The number of nitrogens with one attached hydrogen (secondary N) is 2. The van der Waals surface area contributed by atoms with E-state index in [1.807, 2.05) is 0 Å². The molecule has 3 aromatic rings. The van der Waals surface area contributed by atoms with Crippen molar-refractivity contribution in [2.75, 3.05) is 11.9 Å². The molecule has 27 heavy (non-hydrogen) atoms. The summed E-state index contributed by atoms with van der Waals surface area (Å²) in [5, 5.41) is 14.0. The first-order chi connectivity index (χ1) is 13.0. The van der Waals surface area contributed by atoms with Crippen LogP contribution >= 0.6 is 11.6 Å². The van der Waals surface area contributed by atoms with E-state index in [2.05, 4.69) is 25.6 Å². The Morgan fingerprint density at radius 2 is 1.89 bits per heavy atom. The number of carbonyl (C=O) groups is 1. The highest BCUT2D eigenvalue weighted by molar-refractivity contribution is 7.89. The predicted molar refractivity (Wildman–Crippen MR) is 98.9 cm³/mol. The van der Waals surface area contributed by atoms with Crippen molar-refractivity contribution in [1.82, 2.24) is 24.9 Å². The molecule has 1 heterocycles. The maximum atomic E-state index is 12.2. The maximum Gasteiger partial charge on any atom is 0.258 e. The van der Waals surface area contributed by atoms with Gasteiger partial charge in [-0.25, -0.2) is 17.8 Å². The number of benzene rings is 2. The van der Waals surface area contributed by atoms with Gasteiger partial charge in [-0.1, -0.05) is 41.0 Å². The Kier molecular flexibility index (Phi) is 5.79. The van der Waals surface area contributed by atoms with Crippen LogP contribution in [0.5, 0.6) is 0 Å². The minimum Gasteiger partial charge on any atom is -0.289 e. The van der Waals surface area contributed by atoms with Crippen LogP contribution in [0.3, 0.4) is 0 Å². The molecular weight excluding hydrogens is 392 g/mol. The average molecular weight is 407 g/mol. The lowest BCUT2D eigenvalue weighted by atomic mass is 10.2. The second-order valence-corrected chi connectivity index (χ2v) is 7.60. The van der Waals surface area contributed by atoms with E-state index < -0.39 is 15.9 Å². The van der Waals surface area contributed by atoms with Crippen LogP contribution < -0.4 is 10.0 Å². The van der Waals surface area contributed by atoms with Crippen LogP contribution in [0.15, 0.2) is 59.5 Å². The van der Waals surface area contributed by atoms with Crippen LogP contribution in [-0.2, 0) is 16.6 Å². The summed E-state index contributed by atoms with van der Waals surface area (Å²) in [6.45, 7) is 0.173. The summed E-state index contributed by atoms with van der Waals surface area (Å²) in [6, 6.07) is 14.4. The molecule has 2 aromatic carbocycles. The number of rotatable bonds is 7. The molecule has 0 fully saturated rings.